The molecule has 17 heavy (non-hydrogen) atoms. The lowest BCUT2D eigenvalue weighted by atomic mass is 10.1. The van der Waals surface area contributed by atoms with E-state index < -0.39 is 0 Å². The molecule has 1 rings (SSSR count). The van der Waals surface area contributed by atoms with Gasteiger partial charge < -0.3 is 9.84 Å². The third kappa shape index (κ3) is 4.32. The molecule has 0 saturated heterocycles. The van der Waals surface area contributed by atoms with Crippen LogP contribution < -0.4 is 5.32 Å². The van der Waals surface area contributed by atoms with Gasteiger partial charge in [-0.2, -0.15) is 16.7 Å². The van der Waals surface area contributed by atoms with Gasteiger partial charge in [-0.1, -0.05) is 25.9 Å². The summed E-state index contributed by atoms with van der Waals surface area (Å²) in [4.78, 5) is 4.45. The first-order valence-electron chi connectivity index (χ1n) is 6.19. The van der Waals surface area contributed by atoms with E-state index in [1.165, 1.54) is 0 Å². The monoisotopic (exact) mass is 257 g/mol. The first kappa shape index (κ1) is 14.5. The third-order valence-corrected chi connectivity index (χ3v) is 4.02. The Kier molecular flexibility index (Phi) is 5.46. The van der Waals surface area contributed by atoms with Gasteiger partial charge in [-0.25, -0.2) is 0 Å². The first-order valence-corrected chi connectivity index (χ1v) is 7.24. The van der Waals surface area contributed by atoms with E-state index in [9.17, 15) is 0 Å². The maximum atomic E-state index is 5.31. The summed E-state index contributed by atoms with van der Waals surface area (Å²) in [5.41, 5.74) is -0.249. The molecule has 1 unspecified atom stereocenters. The van der Waals surface area contributed by atoms with E-state index in [1.807, 2.05) is 11.8 Å². The van der Waals surface area contributed by atoms with Gasteiger partial charge in [0.1, 0.15) is 0 Å². The van der Waals surface area contributed by atoms with Crippen molar-refractivity contribution in [1.82, 2.24) is 15.5 Å². The van der Waals surface area contributed by atoms with Crippen molar-refractivity contribution in [3.63, 3.8) is 0 Å². The maximum Gasteiger partial charge on any atom is 0.246 e. The molecule has 1 aromatic heterocycles. The van der Waals surface area contributed by atoms with Crippen molar-refractivity contribution < 1.29 is 4.52 Å². The molecule has 98 valence electrons. The lowest BCUT2D eigenvalue weighted by molar-refractivity contribution is 0.271. The highest BCUT2D eigenvalue weighted by molar-refractivity contribution is 7.99. The van der Waals surface area contributed by atoms with Gasteiger partial charge in [0.25, 0.3) is 0 Å². The summed E-state index contributed by atoms with van der Waals surface area (Å²) in [5, 5.41) is 7.99. The second-order valence-electron chi connectivity index (χ2n) is 4.70. The van der Waals surface area contributed by atoms with Gasteiger partial charge in [0.05, 0.1) is 11.3 Å². The molecule has 0 bridgehead atoms. The van der Waals surface area contributed by atoms with Crippen molar-refractivity contribution in [2.24, 2.45) is 0 Å². The first-order chi connectivity index (χ1) is 7.99. The largest absolute Gasteiger partial charge is 0.337 e. The smallest absolute Gasteiger partial charge is 0.246 e. The number of nitrogens with zero attached hydrogens (tertiary/aromatic N) is 2. The summed E-state index contributed by atoms with van der Waals surface area (Å²) in [6.07, 6.45) is 1.16. The molecule has 0 amide bonds. The zero-order valence-corrected chi connectivity index (χ0v) is 12.2. The van der Waals surface area contributed by atoms with Crippen molar-refractivity contribution in [3.8, 4) is 0 Å². The molecule has 0 saturated carbocycles. The molecule has 0 spiro atoms. The molecule has 5 heteroatoms. The Labute approximate surface area is 108 Å². The van der Waals surface area contributed by atoms with E-state index in [0.29, 0.717) is 11.1 Å². The molecule has 1 N–H and O–H groups in total. The Bertz CT molecular complexity index is 338. The number of aromatic nitrogens is 2. The van der Waals surface area contributed by atoms with Crippen LogP contribution in [0.2, 0.25) is 0 Å². The minimum atomic E-state index is -0.249. The van der Waals surface area contributed by atoms with Gasteiger partial charge >= 0.3 is 0 Å². The van der Waals surface area contributed by atoms with Crippen LogP contribution in [-0.2, 0) is 11.3 Å². The topological polar surface area (TPSA) is 51.0 Å². The summed E-state index contributed by atoms with van der Waals surface area (Å²) in [5.74, 6) is 2.27. The average molecular weight is 257 g/mol. The van der Waals surface area contributed by atoms with Crippen LogP contribution in [-0.4, -0.2) is 21.9 Å². The SMILES string of the molecule is CCNC(C)(C)c1nc(CSC(C)CC)no1. The highest BCUT2D eigenvalue weighted by atomic mass is 32.2. The van der Waals surface area contributed by atoms with Crippen LogP contribution in [0.3, 0.4) is 0 Å². The molecule has 1 aromatic rings. The van der Waals surface area contributed by atoms with E-state index in [-0.39, 0.29) is 5.54 Å². The van der Waals surface area contributed by atoms with Crippen LogP contribution in [0.15, 0.2) is 4.52 Å². The van der Waals surface area contributed by atoms with Crippen LogP contribution in [0.25, 0.3) is 0 Å². The molecule has 1 atom stereocenters. The Hall–Kier alpha value is -0.550. The quantitative estimate of drug-likeness (QED) is 0.814. The van der Waals surface area contributed by atoms with Crippen molar-refractivity contribution in [1.29, 1.82) is 0 Å². The van der Waals surface area contributed by atoms with Gasteiger partial charge in [0.15, 0.2) is 5.82 Å². The van der Waals surface area contributed by atoms with E-state index >= 15 is 0 Å². The Balaban J connectivity index is 2.59. The predicted molar refractivity (Wildman–Crippen MR) is 72.0 cm³/mol. The van der Waals surface area contributed by atoms with Gasteiger partial charge in [-0.15, -0.1) is 0 Å². The normalized spacial score (nSPS) is 13.9. The third-order valence-electron chi connectivity index (χ3n) is 2.69. The standard InChI is InChI=1S/C12H23N3OS/c1-6-9(3)17-8-10-14-11(16-15-10)12(4,5)13-7-2/h9,13H,6-8H2,1-5H3. The second kappa shape index (κ2) is 6.40. The van der Waals surface area contributed by atoms with Gasteiger partial charge in [-0.3, -0.25) is 0 Å². The minimum Gasteiger partial charge on any atom is -0.337 e. The molecule has 0 aliphatic heterocycles. The molecular formula is C12H23N3OS. The molecule has 0 radical (unpaired) electrons. The zero-order valence-electron chi connectivity index (χ0n) is 11.4. The lowest BCUT2D eigenvalue weighted by Gasteiger charge is -2.20. The Morgan fingerprint density at radius 3 is 2.71 bits per heavy atom. The van der Waals surface area contributed by atoms with Crippen molar-refractivity contribution in [3.05, 3.63) is 11.7 Å². The van der Waals surface area contributed by atoms with Crippen molar-refractivity contribution in [2.45, 2.75) is 57.6 Å². The van der Waals surface area contributed by atoms with Crippen LogP contribution in [0, 0.1) is 0 Å². The van der Waals surface area contributed by atoms with Crippen molar-refractivity contribution in [2.75, 3.05) is 6.54 Å². The lowest BCUT2D eigenvalue weighted by Crippen LogP contribution is -2.36. The highest BCUT2D eigenvalue weighted by Gasteiger charge is 2.26. The summed E-state index contributed by atoms with van der Waals surface area (Å²) in [7, 11) is 0. The number of nitrogens with one attached hydrogen (secondary N) is 1. The summed E-state index contributed by atoms with van der Waals surface area (Å²) in [6.45, 7) is 11.5. The van der Waals surface area contributed by atoms with Crippen LogP contribution in [0.1, 0.15) is 52.8 Å². The summed E-state index contributed by atoms with van der Waals surface area (Å²) >= 11 is 1.86. The Morgan fingerprint density at radius 2 is 2.12 bits per heavy atom. The number of rotatable bonds is 7. The number of hydrogen-bond donors (Lipinski definition) is 1. The average Bonchev–Trinajstić information content (AvgIpc) is 2.75. The van der Waals surface area contributed by atoms with Crippen molar-refractivity contribution >= 4 is 11.8 Å². The highest BCUT2D eigenvalue weighted by Crippen LogP contribution is 2.21. The molecule has 1 heterocycles. The molecule has 0 fully saturated rings. The molecule has 0 aromatic carbocycles. The van der Waals surface area contributed by atoms with E-state index in [4.69, 9.17) is 4.52 Å². The fraction of sp³-hybridized carbons (Fsp3) is 0.833. The fourth-order valence-corrected chi connectivity index (χ4v) is 2.21. The van der Waals surface area contributed by atoms with E-state index in [2.05, 4.69) is 50.1 Å². The number of thioether (sulfide) groups is 1. The maximum absolute atomic E-state index is 5.31. The predicted octanol–water partition coefficient (Wildman–Crippen LogP) is 2.95. The summed E-state index contributed by atoms with van der Waals surface area (Å²) in [6, 6.07) is 0. The van der Waals surface area contributed by atoms with E-state index in [0.717, 1.165) is 24.5 Å². The second-order valence-corrected chi connectivity index (χ2v) is 6.13. The van der Waals surface area contributed by atoms with Gasteiger partial charge in [0.2, 0.25) is 5.89 Å². The Morgan fingerprint density at radius 1 is 1.41 bits per heavy atom. The van der Waals surface area contributed by atoms with Gasteiger partial charge in [0, 0.05) is 5.25 Å². The fourth-order valence-electron chi connectivity index (χ4n) is 1.42. The summed E-state index contributed by atoms with van der Waals surface area (Å²) < 4.78 is 5.31. The molecule has 0 aliphatic rings. The molecular weight excluding hydrogens is 234 g/mol. The molecule has 0 aliphatic carbocycles. The number of hydrogen-bond acceptors (Lipinski definition) is 5. The molecule has 4 nitrogen and oxygen atoms in total. The minimum absolute atomic E-state index is 0.249. The van der Waals surface area contributed by atoms with Crippen LogP contribution in [0.4, 0.5) is 0 Å². The van der Waals surface area contributed by atoms with E-state index in [1.54, 1.807) is 0 Å². The van der Waals surface area contributed by atoms with Crippen LogP contribution >= 0.6 is 11.8 Å². The zero-order chi connectivity index (χ0) is 12.9. The van der Waals surface area contributed by atoms with Gasteiger partial charge in [-0.05, 0) is 26.8 Å². The van der Waals surface area contributed by atoms with Crippen LogP contribution in [0.5, 0.6) is 0 Å².